The van der Waals surface area contributed by atoms with Gasteiger partial charge in [-0.1, -0.05) is 69.4 Å². The molecular formula is C17H24. The van der Waals surface area contributed by atoms with Crippen LogP contribution in [-0.4, -0.2) is 0 Å². The van der Waals surface area contributed by atoms with Crippen LogP contribution in [0, 0.1) is 0 Å². The Kier molecular flexibility index (Phi) is 4.85. The van der Waals surface area contributed by atoms with Gasteiger partial charge in [-0.05, 0) is 36.0 Å². The lowest BCUT2D eigenvalue weighted by Gasteiger charge is -2.05. The van der Waals surface area contributed by atoms with Crippen LogP contribution in [0.4, 0.5) is 0 Å². The Bertz CT molecular complexity index is 374. The lowest BCUT2D eigenvalue weighted by molar-refractivity contribution is 0.607. The Hall–Kier alpha value is -1.04. The first-order valence-electron chi connectivity index (χ1n) is 7.18. The van der Waals surface area contributed by atoms with E-state index in [0.717, 1.165) is 6.42 Å². The minimum atomic E-state index is 1.14. The van der Waals surface area contributed by atoms with Crippen molar-refractivity contribution in [2.24, 2.45) is 0 Å². The van der Waals surface area contributed by atoms with Crippen LogP contribution in [0.5, 0.6) is 0 Å². The van der Waals surface area contributed by atoms with Gasteiger partial charge in [-0.15, -0.1) is 0 Å². The van der Waals surface area contributed by atoms with Crippen LogP contribution in [0.15, 0.2) is 24.3 Å². The first kappa shape index (κ1) is 12.4. The maximum absolute atomic E-state index is 2.40. The van der Waals surface area contributed by atoms with Crippen molar-refractivity contribution < 1.29 is 0 Å². The van der Waals surface area contributed by atoms with Gasteiger partial charge in [0.15, 0.2) is 0 Å². The molecule has 0 saturated carbocycles. The molecule has 0 radical (unpaired) electrons. The summed E-state index contributed by atoms with van der Waals surface area (Å²) in [6, 6.07) is 6.99. The molecule has 0 saturated heterocycles. The number of allylic oxidation sites excluding steroid dienone is 1. The third-order valence-electron chi connectivity index (χ3n) is 3.66. The Morgan fingerprint density at radius 1 is 1.00 bits per heavy atom. The highest BCUT2D eigenvalue weighted by Crippen LogP contribution is 2.21. The molecule has 0 spiro atoms. The second-order valence-corrected chi connectivity index (χ2v) is 5.16. The zero-order chi connectivity index (χ0) is 11.9. The molecule has 92 valence electrons. The standard InChI is InChI=1S/C17H24/c1-2-3-4-5-6-7-9-15-12-13-16-10-8-11-17(16)14-15/h8,10,12-14H,2-7,9,11H2,1H3. The number of hydrogen-bond acceptors (Lipinski definition) is 0. The lowest BCUT2D eigenvalue weighted by Crippen LogP contribution is -1.89. The summed E-state index contributed by atoms with van der Waals surface area (Å²) in [6.07, 6.45) is 15.3. The molecule has 0 atom stereocenters. The fourth-order valence-electron chi connectivity index (χ4n) is 2.58. The van der Waals surface area contributed by atoms with Gasteiger partial charge in [-0.25, -0.2) is 0 Å². The number of unbranched alkanes of at least 4 members (excludes halogenated alkanes) is 5. The molecule has 0 N–H and O–H groups in total. The molecule has 17 heavy (non-hydrogen) atoms. The molecule has 1 aromatic rings. The first-order valence-corrected chi connectivity index (χ1v) is 7.18. The lowest BCUT2D eigenvalue weighted by atomic mass is 10.0. The highest BCUT2D eigenvalue weighted by molar-refractivity contribution is 5.60. The molecule has 0 unspecified atom stereocenters. The van der Waals surface area contributed by atoms with Crippen molar-refractivity contribution in [2.75, 3.05) is 0 Å². The van der Waals surface area contributed by atoms with Crippen LogP contribution in [0.25, 0.3) is 6.08 Å². The molecule has 1 aliphatic rings. The minimum Gasteiger partial charge on any atom is -0.0795 e. The zero-order valence-corrected chi connectivity index (χ0v) is 11.0. The summed E-state index contributed by atoms with van der Waals surface area (Å²) < 4.78 is 0. The molecule has 0 amide bonds. The van der Waals surface area contributed by atoms with E-state index in [2.05, 4.69) is 37.3 Å². The number of benzene rings is 1. The van der Waals surface area contributed by atoms with Crippen molar-refractivity contribution >= 4 is 6.08 Å². The molecule has 0 bridgehead atoms. The summed E-state index contributed by atoms with van der Waals surface area (Å²) in [6.45, 7) is 2.28. The average Bonchev–Trinajstić information content (AvgIpc) is 2.81. The highest BCUT2D eigenvalue weighted by Gasteiger charge is 2.05. The van der Waals surface area contributed by atoms with Gasteiger partial charge in [0.25, 0.3) is 0 Å². The second kappa shape index (κ2) is 6.64. The predicted octanol–water partition coefficient (Wildman–Crippen LogP) is 5.16. The molecule has 2 rings (SSSR count). The van der Waals surface area contributed by atoms with Gasteiger partial charge < -0.3 is 0 Å². The van der Waals surface area contributed by atoms with Gasteiger partial charge in [0.2, 0.25) is 0 Å². The van der Waals surface area contributed by atoms with Crippen LogP contribution >= 0.6 is 0 Å². The molecule has 0 heterocycles. The van der Waals surface area contributed by atoms with Crippen molar-refractivity contribution in [3.63, 3.8) is 0 Å². The van der Waals surface area contributed by atoms with Crippen molar-refractivity contribution in [1.82, 2.24) is 0 Å². The molecule has 0 fully saturated rings. The largest absolute Gasteiger partial charge is 0.0795 e. The van der Waals surface area contributed by atoms with E-state index >= 15 is 0 Å². The molecule has 0 aromatic heterocycles. The normalized spacial score (nSPS) is 13.0. The third-order valence-corrected chi connectivity index (χ3v) is 3.66. The maximum Gasteiger partial charge on any atom is -0.00881 e. The Labute approximate surface area is 106 Å². The van der Waals surface area contributed by atoms with Crippen LogP contribution in [0.2, 0.25) is 0 Å². The summed E-state index contributed by atoms with van der Waals surface area (Å²) >= 11 is 0. The Morgan fingerprint density at radius 2 is 1.82 bits per heavy atom. The van der Waals surface area contributed by atoms with E-state index in [1.54, 1.807) is 0 Å². The summed E-state index contributed by atoms with van der Waals surface area (Å²) in [7, 11) is 0. The van der Waals surface area contributed by atoms with Gasteiger partial charge in [-0.3, -0.25) is 0 Å². The first-order chi connectivity index (χ1) is 8.40. The smallest absolute Gasteiger partial charge is 0.00881 e. The van der Waals surface area contributed by atoms with Crippen molar-refractivity contribution in [3.8, 4) is 0 Å². The molecule has 1 aromatic carbocycles. The van der Waals surface area contributed by atoms with Gasteiger partial charge >= 0.3 is 0 Å². The average molecular weight is 228 g/mol. The molecule has 0 aliphatic heterocycles. The Morgan fingerprint density at radius 3 is 2.71 bits per heavy atom. The summed E-state index contributed by atoms with van der Waals surface area (Å²) in [5.41, 5.74) is 4.48. The summed E-state index contributed by atoms with van der Waals surface area (Å²) in [5.74, 6) is 0. The van der Waals surface area contributed by atoms with Crippen LogP contribution in [0.1, 0.15) is 62.1 Å². The van der Waals surface area contributed by atoms with Crippen molar-refractivity contribution in [1.29, 1.82) is 0 Å². The third kappa shape index (κ3) is 3.73. The fourth-order valence-corrected chi connectivity index (χ4v) is 2.58. The van der Waals surface area contributed by atoms with E-state index in [1.807, 2.05) is 0 Å². The minimum absolute atomic E-state index is 1.14. The number of aryl methyl sites for hydroxylation is 1. The van der Waals surface area contributed by atoms with E-state index in [1.165, 1.54) is 61.6 Å². The second-order valence-electron chi connectivity index (χ2n) is 5.16. The van der Waals surface area contributed by atoms with E-state index in [0.29, 0.717) is 0 Å². The highest BCUT2D eigenvalue weighted by atomic mass is 14.1. The topological polar surface area (TPSA) is 0 Å². The van der Waals surface area contributed by atoms with E-state index in [4.69, 9.17) is 0 Å². The number of hydrogen-bond donors (Lipinski definition) is 0. The van der Waals surface area contributed by atoms with Gasteiger partial charge in [0, 0.05) is 0 Å². The Balaban J connectivity index is 1.69. The van der Waals surface area contributed by atoms with Crippen LogP contribution < -0.4 is 0 Å². The quantitative estimate of drug-likeness (QED) is 0.565. The van der Waals surface area contributed by atoms with Crippen LogP contribution in [0.3, 0.4) is 0 Å². The molecule has 0 nitrogen and oxygen atoms in total. The SMILES string of the molecule is CCCCCCCCc1ccc2c(c1)CC=C2. The summed E-state index contributed by atoms with van der Waals surface area (Å²) in [5, 5.41) is 0. The molecule has 0 heteroatoms. The maximum atomic E-state index is 2.40. The van der Waals surface area contributed by atoms with Crippen molar-refractivity contribution in [2.45, 2.75) is 58.3 Å². The molecule has 1 aliphatic carbocycles. The van der Waals surface area contributed by atoms with E-state index in [-0.39, 0.29) is 0 Å². The van der Waals surface area contributed by atoms with E-state index < -0.39 is 0 Å². The van der Waals surface area contributed by atoms with E-state index in [9.17, 15) is 0 Å². The summed E-state index contributed by atoms with van der Waals surface area (Å²) in [4.78, 5) is 0. The molecular weight excluding hydrogens is 204 g/mol. The number of rotatable bonds is 7. The monoisotopic (exact) mass is 228 g/mol. The zero-order valence-electron chi connectivity index (χ0n) is 11.0. The van der Waals surface area contributed by atoms with Crippen LogP contribution in [-0.2, 0) is 12.8 Å². The van der Waals surface area contributed by atoms with Gasteiger partial charge in [-0.2, -0.15) is 0 Å². The van der Waals surface area contributed by atoms with Crippen molar-refractivity contribution in [3.05, 3.63) is 41.0 Å². The van der Waals surface area contributed by atoms with Gasteiger partial charge in [0.05, 0.1) is 0 Å². The number of fused-ring (bicyclic) bond motifs is 1. The van der Waals surface area contributed by atoms with Gasteiger partial charge in [0.1, 0.15) is 0 Å². The fraction of sp³-hybridized carbons (Fsp3) is 0.529. The predicted molar refractivity (Wildman–Crippen MR) is 76.3 cm³/mol.